The van der Waals surface area contributed by atoms with E-state index in [2.05, 4.69) is 64.5 Å². The molecule has 1 N–H and O–H groups in total. The maximum Gasteiger partial charge on any atom is 0.240 e. The third kappa shape index (κ3) is 7.37. The van der Waals surface area contributed by atoms with E-state index in [1.54, 1.807) is 6.07 Å². The first-order valence-corrected chi connectivity index (χ1v) is 13.9. The van der Waals surface area contributed by atoms with E-state index < -0.39 is 10.0 Å². The second kappa shape index (κ2) is 12.1. The molecule has 0 unspecified atom stereocenters. The zero-order chi connectivity index (χ0) is 26.3. The molecule has 0 spiro atoms. The van der Waals surface area contributed by atoms with Gasteiger partial charge >= 0.3 is 0 Å². The summed E-state index contributed by atoms with van der Waals surface area (Å²) in [5, 5.41) is 0. The largest absolute Gasteiger partial charge is 0.493 e. The highest BCUT2D eigenvalue weighted by Crippen LogP contribution is 2.38. The van der Waals surface area contributed by atoms with Gasteiger partial charge in [-0.1, -0.05) is 53.7 Å². The summed E-state index contributed by atoms with van der Waals surface area (Å²) < 4.78 is 44.5. The van der Waals surface area contributed by atoms with Gasteiger partial charge in [0.2, 0.25) is 10.0 Å². The fourth-order valence-electron chi connectivity index (χ4n) is 3.68. The molecule has 2 aromatic carbocycles. The standard InChI is InChI=1S/C28H43NO5S/c1-9-27(3,4)21-13-15-24(23(19-21)28(5,6)10-2)34-18-12-11-17-29-35(30,31)22-14-16-25(32-7)26(20-22)33-8/h13-16,19-20,29H,9-12,17-18H2,1-8H3. The van der Waals surface area contributed by atoms with Crippen molar-refractivity contribution in [2.75, 3.05) is 27.4 Å². The number of unbranched alkanes of at least 4 members (excludes halogenated alkanes) is 1. The highest BCUT2D eigenvalue weighted by atomic mass is 32.2. The molecule has 0 aliphatic rings. The van der Waals surface area contributed by atoms with Crippen LogP contribution in [0.5, 0.6) is 17.2 Å². The summed E-state index contributed by atoms with van der Waals surface area (Å²) in [6.07, 6.45) is 3.48. The van der Waals surface area contributed by atoms with Crippen LogP contribution in [0.25, 0.3) is 0 Å². The summed E-state index contributed by atoms with van der Waals surface area (Å²) >= 11 is 0. The van der Waals surface area contributed by atoms with Gasteiger partial charge in [-0.25, -0.2) is 13.1 Å². The summed E-state index contributed by atoms with van der Waals surface area (Å²) in [6, 6.07) is 11.1. The van der Waals surface area contributed by atoms with Crippen LogP contribution in [-0.4, -0.2) is 35.8 Å². The third-order valence-electron chi connectivity index (χ3n) is 7.04. The van der Waals surface area contributed by atoms with Crippen LogP contribution in [0.1, 0.15) is 78.4 Å². The predicted molar refractivity (Wildman–Crippen MR) is 143 cm³/mol. The van der Waals surface area contributed by atoms with Crippen molar-refractivity contribution < 1.29 is 22.6 Å². The van der Waals surface area contributed by atoms with E-state index >= 15 is 0 Å². The Labute approximate surface area is 212 Å². The van der Waals surface area contributed by atoms with Gasteiger partial charge in [0, 0.05) is 18.2 Å². The van der Waals surface area contributed by atoms with Crippen LogP contribution < -0.4 is 18.9 Å². The number of methoxy groups -OCH3 is 2. The molecule has 0 fully saturated rings. The van der Waals surface area contributed by atoms with Crippen LogP contribution >= 0.6 is 0 Å². The van der Waals surface area contributed by atoms with Crippen molar-refractivity contribution in [2.24, 2.45) is 0 Å². The summed E-state index contributed by atoms with van der Waals surface area (Å²) in [4.78, 5) is 0.146. The first-order chi connectivity index (χ1) is 16.4. The van der Waals surface area contributed by atoms with Crippen molar-refractivity contribution in [1.29, 1.82) is 0 Å². The molecule has 35 heavy (non-hydrogen) atoms. The molecule has 0 aliphatic heterocycles. The molecule has 0 amide bonds. The van der Waals surface area contributed by atoms with Crippen LogP contribution in [0.3, 0.4) is 0 Å². The monoisotopic (exact) mass is 505 g/mol. The van der Waals surface area contributed by atoms with Crippen LogP contribution in [0.15, 0.2) is 41.3 Å². The molecule has 6 nitrogen and oxygen atoms in total. The Morgan fingerprint density at radius 3 is 2.03 bits per heavy atom. The zero-order valence-corrected chi connectivity index (χ0v) is 23.5. The Balaban J connectivity index is 1.97. The molecule has 2 rings (SSSR count). The SMILES string of the molecule is CCC(C)(C)c1ccc(OCCCCNS(=O)(=O)c2ccc(OC)c(OC)c2)c(C(C)(C)CC)c1. The lowest BCUT2D eigenvalue weighted by Gasteiger charge is -2.30. The molecule has 0 aliphatic carbocycles. The van der Waals surface area contributed by atoms with Crippen LogP contribution in [0.4, 0.5) is 0 Å². The van der Waals surface area contributed by atoms with Crippen LogP contribution in [0.2, 0.25) is 0 Å². The maximum absolute atomic E-state index is 12.6. The number of nitrogens with one attached hydrogen (secondary N) is 1. The van der Waals surface area contributed by atoms with Gasteiger partial charge in [-0.15, -0.1) is 0 Å². The number of benzene rings is 2. The Bertz CT molecular complexity index is 1080. The minimum absolute atomic E-state index is 0.00419. The molecule has 0 saturated heterocycles. The molecule has 0 bridgehead atoms. The maximum atomic E-state index is 12.6. The lowest BCUT2D eigenvalue weighted by Crippen LogP contribution is -2.25. The highest BCUT2D eigenvalue weighted by Gasteiger charge is 2.26. The van der Waals surface area contributed by atoms with Gasteiger partial charge in [0.1, 0.15) is 5.75 Å². The second-order valence-corrected chi connectivity index (χ2v) is 11.9. The van der Waals surface area contributed by atoms with E-state index in [0.29, 0.717) is 31.1 Å². The molecular weight excluding hydrogens is 462 g/mol. The van der Waals surface area contributed by atoms with Crippen molar-refractivity contribution in [2.45, 2.75) is 83.0 Å². The molecule has 0 heterocycles. The van der Waals surface area contributed by atoms with Crippen molar-refractivity contribution in [3.05, 3.63) is 47.5 Å². The highest BCUT2D eigenvalue weighted by molar-refractivity contribution is 7.89. The van der Waals surface area contributed by atoms with E-state index in [1.807, 2.05) is 0 Å². The van der Waals surface area contributed by atoms with Crippen LogP contribution in [-0.2, 0) is 20.9 Å². The topological polar surface area (TPSA) is 73.9 Å². The molecular formula is C28H43NO5S. The van der Waals surface area contributed by atoms with Gasteiger partial charge in [0.25, 0.3) is 0 Å². The summed E-state index contributed by atoms with van der Waals surface area (Å²) in [6.45, 7) is 14.3. The van der Waals surface area contributed by atoms with Crippen molar-refractivity contribution in [1.82, 2.24) is 4.72 Å². The van der Waals surface area contributed by atoms with Crippen molar-refractivity contribution in [3.63, 3.8) is 0 Å². The van der Waals surface area contributed by atoms with Gasteiger partial charge in [-0.05, 0) is 60.3 Å². The lowest BCUT2D eigenvalue weighted by molar-refractivity contribution is 0.296. The molecule has 2 aromatic rings. The van der Waals surface area contributed by atoms with Gasteiger partial charge < -0.3 is 14.2 Å². The van der Waals surface area contributed by atoms with Crippen LogP contribution in [0, 0.1) is 0 Å². The van der Waals surface area contributed by atoms with Crippen molar-refractivity contribution >= 4 is 10.0 Å². The Hall–Kier alpha value is -2.25. The Morgan fingerprint density at radius 2 is 1.43 bits per heavy atom. The van der Waals surface area contributed by atoms with E-state index in [9.17, 15) is 8.42 Å². The summed E-state index contributed by atoms with van der Waals surface area (Å²) in [5.74, 6) is 1.78. The number of hydrogen-bond donors (Lipinski definition) is 1. The molecule has 7 heteroatoms. The minimum Gasteiger partial charge on any atom is -0.493 e. The summed E-state index contributed by atoms with van der Waals surface area (Å²) in [5.41, 5.74) is 2.67. The third-order valence-corrected chi connectivity index (χ3v) is 8.50. The Kier molecular flexibility index (Phi) is 10.0. The molecule has 0 atom stereocenters. The molecule has 0 aromatic heterocycles. The average molecular weight is 506 g/mol. The lowest BCUT2D eigenvalue weighted by atomic mass is 9.76. The predicted octanol–water partition coefficient (Wildman–Crippen LogP) is 6.22. The molecule has 0 saturated carbocycles. The molecule has 196 valence electrons. The average Bonchev–Trinajstić information content (AvgIpc) is 2.85. The fourth-order valence-corrected chi connectivity index (χ4v) is 4.77. The van der Waals surface area contributed by atoms with E-state index in [1.165, 1.54) is 37.5 Å². The fraction of sp³-hybridized carbons (Fsp3) is 0.571. The van der Waals surface area contributed by atoms with E-state index in [-0.39, 0.29) is 15.7 Å². The number of ether oxygens (including phenoxy) is 3. The first-order valence-electron chi connectivity index (χ1n) is 12.4. The second-order valence-electron chi connectivity index (χ2n) is 10.2. The normalized spacial score (nSPS) is 12.5. The number of sulfonamides is 1. The summed E-state index contributed by atoms with van der Waals surface area (Å²) in [7, 11) is -0.643. The van der Waals surface area contributed by atoms with Gasteiger partial charge in [-0.3, -0.25) is 0 Å². The smallest absolute Gasteiger partial charge is 0.240 e. The zero-order valence-electron chi connectivity index (χ0n) is 22.7. The van der Waals surface area contributed by atoms with Gasteiger partial charge in [0.15, 0.2) is 11.5 Å². The minimum atomic E-state index is -3.63. The molecule has 0 radical (unpaired) electrons. The van der Waals surface area contributed by atoms with E-state index in [4.69, 9.17) is 14.2 Å². The van der Waals surface area contributed by atoms with E-state index in [0.717, 1.165) is 25.0 Å². The Morgan fingerprint density at radius 1 is 0.800 bits per heavy atom. The van der Waals surface area contributed by atoms with Crippen molar-refractivity contribution in [3.8, 4) is 17.2 Å². The number of rotatable bonds is 14. The number of hydrogen-bond acceptors (Lipinski definition) is 5. The quantitative estimate of drug-likeness (QED) is 0.309. The first kappa shape index (κ1) is 29.0. The van der Waals surface area contributed by atoms with Gasteiger partial charge in [-0.2, -0.15) is 0 Å². The van der Waals surface area contributed by atoms with Gasteiger partial charge in [0.05, 0.1) is 25.7 Å².